The Bertz CT molecular complexity index is 343. The summed E-state index contributed by atoms with van der Waals surface area (Å²) in [4.78, 5) is 12.8. The zero-order valence-electron chi connectivity index (χ0n) is 9.49. The average Bonchev–Trinajstić information content (AvgIpc) is 2.44. The van der Waals surface area contributed by atoms with Gasteiger partial charge in [-0.05, 0) is 25.5 Å². The van der Waals surface area contributed by atoms with Gasteiger partial charge in [0.2, 0.25) is 0 Å². The lowest BCUT2D eigenvalue weighted by atomic mass is 10.2. The predicted octanol–water partition coefficient (Wildman–Crippen LogP) is 1.29. The third-order valence-electron chi connectivity index (χ3n) is 2.31. The topological polar surface area (TPSA) is 69.6 Å². The van der Waals surface area contributed by atoms with Crippen LogP contribution in [0.15, 0.2) is 6.07 Å². The maximum absolute atomic E-state index is 10.3. The standard InChI is InChI=1S/C11H17NO3S/c1-7-3-10(16-8(7)2)6-12-5-9(13)4-11(14)15/h3,9,12-13H,4-6H2,1-2H3,(H,14,15). The van der Waals surface area contributed by atoms with Crippen LogP contribution in [0.2, 0.25) is 0 Å². The maximum atomic E-state index is 10.3. The molecule has 3 N–H and O–H groups in total. The number of aliphatic hydroxyl groups excluding tert-OH is 1. The fraction of sp³-hybridized carbons (Fsp3) is 0.545. The van der Waals surface area contributed by atoms with Crippen LogP contribution in [0.3, 0.4) is 0 Å². The van der Waals surface area contributed by atoms with Gasteiger partial charge >= 0.3 is 5.97 Å². The third-order valence-corrected chi connectivity index (χ3v) is 3.46. The van der Waals surface area contributed by atoms with Gasteiger partial charge in [0.05, 0.1) is 12.5 Å². The lowest BCUT2D eigenvalue weighted by Gasteiger charge is -2.08. The summed E-state index contributed by atoms with van der Waals surface area (Å²) in [6, 6.07) is 2.11. The van der Waals surface area contributed by atoms with E-state index in [1.54, 1.807) is 11.3 Å². The van der Waals surface area contributed by atoms with Gasteiger partial charge in [-0.25, -0.2) is 0 Å². The van der Waals surface area contributed by atoms with Crippen molar-refractivity contribution in [1.82, 2.24) is 5.32 Å². The Labute approximate surface area is 98.9 Å². The van der Waals surface area contributed by atoms with Crippen LogP contribution >= 0.6 is 11.3 Å². The van der Waals surface area contributed by atoms with Crippen molar-refractivity contribution in [3.8, 4) is 0 Å². The lowest BCUT2D eigenvalue weighted by molar-refractivity contribution is -0.139. The Kier molecular flexibility index (Phi) is 4.92. The van der Waals surface area contributed by atoms with Crippen molar-refractivity contribution in [3.05, 3.63) is 21.4 Å². The summed E-state index contributed by atoms with van der Waals surface area (Å²) in [6.07, 6.45) is -1.03. The molecule has 0 aromatic carbocycles. The molecule has 0 saturated carbocycles. The van der Waals surface area contributed by atoms with Crippen LogP contribution in [-0.2, 0) is 11.3 Å². The highest BCUT2D eigenvalue weighted by Crippen LogP contribution is 2.20. The van der Waals surface area contributed by atoms with E-state index in [9.17, 15) is 9.90 Å². The molecule has 0 bridgehead atoms. The number of aliphatic hydroxyl groups is 1. The first kappa shape index (κ1) is 13.2. The number of nitrogens with one attached hydrogen (secondary N) is 1. The maximum Gasteiger partial charge on any atom is 0.306 e. The van der Waals surface area contributed by atoms with Gasteiger partial charge in [-0.3, -0.25) is 4.79 Å². The fourth-order valence-electron chi connectivity index (χ4n) is 1.37. The molecule has 4 nitrogen and oxygen atoms in total. The summed E-state index contributed by atoms with van der Waals surface area (Å²) in [5.74, 6) is -0.975. The van der Waals surface area contributed by atoms with Crippen molar-refractivity contribution in [3.63, 3.8) is 0 Å². The van der Waals surface area contributed by atoms with Crippen LogP contribution in [0.1, 0.15) is 21.7 Å². The minimum absolute atomic E-state index is 0.213. The second-order valence-corrected chi connectivity index (χ2v) is 5.18. The molecule has 0 aliphatic heterocycles. The minimum Gasteiger partial charge on any atom is -0.481 e. The molecule has 1 unspecified atom stereocenters. The molecule has 1 aromatic heterocycles. The first-order valence-electron chi connectivity index (χ1n) is 5.15. The molecule has 16 heavy (non-hydrogen) atoms. The number of carbonyl (C=O) groups is 1. The van der Waals surface area contributed by atoms with E-state index in [2.05, 4.69) is 25.2 Å². The Balaban J connectivity index is 2.27. The predicted molar refractivity (Wildman–Crippen MR) is 63.8 cm³/mol. The van der Waals surface area contributed by atoms with Crippen molar-refractivity contribution < 1.29 is 15.0 Å². The van der Waals surface area contributed by atoms with Crippen LogP contribution in [0.5, 0.6) is 0 Å². The van der Waals surface area contributed by atoms with Gasteiger partial charge in [0, 0.05) is 22.8 Å². The van der Waals surface area contributed by atoms with Crippen LogP contribution in [0, 0.1) is 13.8 Å². The normalized spacial score (nSPS) is 12.7. The summed E-state index contributed by atoms with van der Waals surface area (Å²) in [5.41, 5.74) is 1.27. The Morgan fingerprint density at radius 1 is 1.56 bits per heavy atom. The van der Waals surface area contributed by atoms with E-state index >= 15 is 0 Å². The van der Waals surface area contributed by atoms with E-state index in [1.807, 2.05) is 0 Å². The highest BCUT2D eigenvalue weighted by atomic mass is 32.1. The van der Waals surface area contributed by atoms with E-state index in [0.717, 1.165) is 0 Å². The molecule has 1 heterocycles. The van der Waals surface area contributed by atoms with Crippen molar-refractivity contribution in [1.29, 1.82) is 0 Å². The zero-order valence-corrected chi connectivity index (χ0v) is 10.3. The third kappa shape index (κ3) is 4.30. The summed E-state index contributed by atoms with van der Waals surface area (Å²) < 4.78 is 0. The van der Waals surface area contributed by atoms with E-state index in [4.69, 9.17) is 5.11 Å². The van der Waals surface area contributed by atoms with Crippen LogP contribution < -0.4 is 5.32 Å². The molecule has 1 atom stereocenters. The lowest BCUT2D eigenvalue weighted by Crippen LogP contribution is -2.28. The van der Waals surface area contributed by atoms with Gasteiger partial charge in [0.25, 0.3) is 0 Å². The number of rotatable bonds is 6. The first-order chi connectivity index (χ1) is 7.49. The number of aliphatic carboxylic acids is 1. The number of aryl methyl sites for hydroxylation is 2. The Hall–Kier alpha value is -0.910. The first-order valence-corrected chi connectivity index (χ1v) is 5.97. The average molecular weight is 243 g/mol. The van der Waals surface area contributed by atoms with E-state index in [0.29, 0.717) is 13.1 Å². The number of hydrogen-bond acceptors (Lipinski definition) is 4. The molecule has 1 aromatic rings. The second-order valence-electron chi connectivity index (χ2n) is 3.83. The van der Waals surface area contributed by atoms with Crippen molar-refractivity contribution in [2.45, 2.75) is 32.9 Å². The summed E-state index contributed by atoms with van der Waals surface area (Å²) in [6.45, 7) is 5.12. The highest BCUT2D eigenvalue weighted by molar-refractivity contribution is 7.12. The molecule has 0 fully saturated rings. The molecule has 5 heteroatoms. The van der Waals surface area contributed by atoms with E-state index in [1.165, 1.54) is 15.3 Å². The monoisotopic (exact) mass is 243 g/mol. The summed E-state index contributed by atoms with van der Waals surface area (Å²) in [7, 11) is 0. The van der Waals surface area contributed by atoms with Crippen LogP contribution in [0.4, 0.5) is 0 Å². The number of carboxylic acids is 1. The number of carboxylic acid groups (broad SMARTS) is 1. The van der Waals surface area contributed by atoms with Crippen LogP contribution in [0.25, 0.3) is 0 Å². The fourth-order valence-corrected chi connectivity index (χ4v) is 2.40. The summed E-state index contributed by atoms with van der Waals surface area (Å²) in [5, 5.41) is 20.8. The van der Waals surface area contributed by atoms with Crippen molar-refractivity contribution >= 4 is 17.3 Å². The van der Waals surface area contributed by atoms with E-state index < -0.39 is 12.1 Å². The van der Waals surface area contributed by atoms with Crippen molar-refractivity contribution in [2.75, 3.05) is 6.54 Å². The molecule has 0 spiro atoms. The van der Waals surface area contributed by atoms with Crippen LogP contribution in [-0.4, -0.2) is 28.8 Å². The Morgan fingerprint density at radius 3 is 2.75 bits per heavy atom. The van der Waals surface area contributed by atoms with Crippen molar-refractivity contribution in [2.24, 2.45) is 0 Å². The highest BCUT2D eigenvalue weighted by Gasteiger charge is 2.09. The number of hydrogen-bond donors (Lipinski definition) is 3. The molecule has 0 aliphatic rings. The van der Waals surface area contributed by atoms with E-state index in [-0.39, 0.29) is 6.42 Å². The quantitative estimate of drug-likeness (QED) is 0.704. The van der Waals surface area contributed by atoms with Gasteiger partial charge in [-0.15, -0.1) is 11.3 Å². The molecule has 0 aliphatic carbocycles. The molecule has 1 rings (SSSR count). The molecule has 90 valence electrons. The zero-order chi connectivity index (χ0) is 12.1. The molecule has 0 amide bonds. The SMILES string of the molecule is Cc1cc(CNCC(O)CC(=O)O)sc1C. The summed E-state index contributed by atoms with van der Waals surface area (Å²) >= 11 is 1.72. The van der Waals surface area contributed by atoms with Gasteiger partial charge in [-0.2, -0.15) is 0 Å². The van der Waals surface area contributed by atoms with Gasteiger partial charge < -0.3 is 15.5 Å². The molecule has 0 saturated heterocycles. The van der Waals surface area contributed by atoms with Gasteiger partial charge in [-0.1, -0.05) is 0 Å². The minimum atomic E-state index is -0.975. The van der Waals surface area contributed by atoms with Gasteiger partial charge in [0.1, 0.15) is 0 Å². The Morgan fingerprint density at radius 2 is 2.25 bits per heavy atom. The second kappa shape index (κ2) is 5.98. The molecular weight excluding hydrogens is 226 g/mol. The smallest absolute Gasteiger partial charge is 0.306 e. The molecule has 0 radical (unpaired) electrons. The molecular formula is C11H17NO3S. The largest absolute Gasteiger partial charge is 0.481 e. The van der Waals surface area contributed by atoms with Gasteiger partial charge in [0.15, 0.2) is 0 Å². The number of thiophene rings is 1.